The van der Waals surface area contributed by atoms with E-state index < -0.39 is 0 Å². The number of hydrogen-bond acceptors (Lipinski definition) is 4. The third kappa shape index (κ3) is 3.02. The lowest BCUT2D eigenvalue weighted by atomic mass is 9.88. The second-order valence-electron chi connectivity index (χ2n) is 5.43. The highest BCUT2D eigenvalue weighted by molar-refractivity contribution is 5.92. The number of anilines is 1. The Morgan fingerprint density at radius 3 is 2.81 bits per heavy atom. The van der Waals surface area contributed by atoms with Gasteiger partial charge in [0.05, 0.1) is 0 Å². The number of fused-ring (bicyclic) bond motifs is 1. The smallest absolute Gasteiger partial charge is 0.270 e. The molecule has 5 nitrogen and oxygen atoms in total. The van der Waals surface area contributed by atoms with E-state index in [4.69, 9.17) is 5.73 Å². The SMILES string of the molecule is Cc1cc(C(=O)NC2CCc3ccccc3C2)nc(N)n1. The van der Waals surface area contributed by atoms with Crippen LogP contribution in [0.25, 0.3) is 0 Å². The number of carbonyl (C=O) groups excluding carboxylic acids is 1. The maximum Gasteiger partial charge on any atom is 0.270 e. The van der Waals surface area contributed by atoms with Crippen LogP contribution < -0.4 is 11.1 Å². The number of nitrogens with two attached hydrogens (primary N) is 1. The predicted molar refractivity (Wildman–Crippen MR) is 80.9 cm³/mol. The number of amides is 1. The molecule has 3 N–H and O–H groups in total. The van der Waals surface area contributed by atoms with Gasteiger partial charge in [-0.25, -0.2) is 9.97 Å². The highest BCUT2D eigenvalue weighted by Gasteiger charge is 2.21. The van der Waals surface area contributed by atoms with Crippen molar-refractivity contribution in [1.29, 1.82) is 0 Å². The predicted octanol–water partition coefficient (Wildman–Crippen LogP) is 1.65. The van der Waals surface area contributed by atoms with Gasteiger partial charge < -0.3 is 11.1 Å². The lowest BCUT2D eigenvalue weighted by Crippen LogP contribution is -2.39. The van der Waals surface area contributed by atoms with E-state index in [9.17, 15) is 4.79 Å². The van der Waals surface area contributed by atoms with Crippen molar-refractivity contribution in [3.8, 4) is 0 Å². The van der Waals surface area contributed by atoms with Gasteiger partial charge >= 0.3 is 0 Å². The monoisotopic (exact) mass is 282 g/mol. The van der Waals surface area contributed by atoms with Crippen LogP contribution in [0.4, 0.5) is 5.95 Å². The van der Waals surface area contributed by atoms with Crippen LogP contribution in [0.3, 0.4) is 0 Å². The van der Waals surface area contributed by atoms with E-state index in [1.165, 1.54) is 11.1 Å². The van der Waals surface area contributed by atoms with Crippen LogP contribution in [0.5, 0.6) is 0 Å². The molecule has 1 aliphatic rings. The van der Waals surface area contributed by atoms with Crippen molar-refractivity contribution in [3.63, 3.8) is 0 Å². The largest absolute Gasteiger partial charge is 0.368 e. The molecular formula is C16H18N4O. The Morgan fingerprint density at radius 2 is 2.05 bits per heavy atom. The Bertz CT molecular complexity index is 663. The summed E-state index contributed by atoms with van der Waals surface area (Å²) in [5.74, 6) is -0.0503. The summed E-state index contributed by atoms with van der Waals surface area (Å²) in [4.78, 5) is 20.3. The molecule has 2 aromatic rings. The molecule has 1 aliphatic carbocycles. The summed E-state index contributed by atoms with van der Waals surface area (Å²) in [5, 5.41) is 3.05. The van der Waals surface area contributed by atoms with Crippen molar-refractivity contribution in [2.75, 3.05) is 5.73 Å². The molecule has 0 spiro atoms. The van der Waals surface area contributed by atoms with E-state index in [2.05, 4.69) is 33.5 Å². The number of benzene rings is 1. The zero-order valence-corrected chi connectivity index (χ0v) is 12.0. The number of aromatic nitrogens is 2. The van der Waals surface area contributed by atoms with E-state index in [-0.39, 0.29) is 17.9 Å². The first-order chi connectivity index (χ1) is 10.1. The van der Waals surface area contributed by atoms with E-state index in [0.29, 0.717) is 11.4 Å². The molecule has 0 bridgehead atoms. The lowest BCUT2D eigenvalue weighted by Gasteiger charge is -2.25. The summed E-state index contributed by atoms with van der Waals surface area (Å²) in [6.07, 6.45) is 2.80. The van der Waals surface area contributed by atoms with Crippen LogP contribution in [0, 0.1) is 6.92 Å². The Labute approximate surface area is 123 Å². The lowest BCUT2D eigenvalue weighted by molar-refractivity contribution is 0.0928. The summed E-state index contributed by atoms with van der Waals surface area (Å²) < 4.78 is 0. The second kappa shape index (κ2) is 5.52. The molecule has 0 saturated carbocycles. The molecule has 0 radical (unpaired) electrons. The van der Waals surface area contributed by atoms with Crippen molar-refractivity contribution in [3.05, 3.63) is 52.8 Å². The van der Waals surface area contributed by atoms with Gasteiger partial charge in [0.2, 0.25) is 5.95 Å². The number of rotatable bonds is 2. The van der Waals surface area contributed by atoms with Crippen molar-refractivity contribution in [1.82, 2.24) is 15.3 Å². The van der Waals surface area contributed by atoms with Crippen LogP contribution in [-0.2, 0) is 12.8 Å². The number of aryl methyl sites for hydroxylation is 2. The quantitative estimate of drug-likeness (QED) is 0.877. The van der Waals surface area contributed by atoms with Crippen LogP contribution >= 0.6 is 0 Å². The highest BCUT2D eigenvalue weighted by Crippen LogP contribution is 2.21. The molecule has 1 atom stereocenters. The molecular weight excluding hydrogens is 264 g/mol. The van der Waals surface area contributed by atoms with Crippen molar-refractivity contribution >= 4 is 11.9 Å². The van der Waals surface area contributed by atoms with Gasteiger partial charge in [-0.2, -0.15) is 0 Å². The van der Waals surface area contributed by atoms with Gasteiger partial charge in [0, 0.05) is 11.7 Å². The van der Waals surface area contributed by atoms with E-state index in [1.54, 1.807) is 13.0 Å². The maximum absolute atomic E-state index is 12.3. The first-order valence-corrected chi connectivity index (χ1v) is 7.10. The van der Waals surface area contributed by atoms with Crippen LogP contribution in [0.2, 0.25) is 0 Å². The summed E-state index contributed by atoms with van der Waals surface area (Å²) in [7, 11) is 0. The summed E-state index contributed by atoms with van der Waals surface area (Å²) >= 11 is 0. The Kier molecular flexibility index (Phi) is 3.56. The molecule has 0 fully saturated rings. The highest BCUT2D eigenvalue weighted by atomic mass is 16.1. The Balaban J connectivity index is 1.71. The molecule has 108 valence electrons. The molecule has 0 aliphatic heterocycles. The number of hydrogen-bond donors (Lipinski definition) is 2. The first kappa shape index (κ1) is 13.5. The molecule has 1 aromatic carbocycles. The minimum absolute atomic E-state index is 0.133. The zero-order chi connectivity index (χ0) is 14.8. The third-order valence-corrected chi connectivity index (χ3v) is 3.79. The molecule has 1 unspecified atom stereocenters. The number of nitrogens with one attached hydrogen (secondary N) is 1. The van der Waals surface area contributed by atoms with Gasteiger partial charge in [-0.15, -0.1) is 0 Å². The average Bonchev–Trinajstić information content (AvgIpc) is 2.46. The minimum Gasteiger partial charge on any atom is -0.368 e. The molecule has 1 heterocycles. The van der Waals surface area contributed by atoms with Gasteiger partial charge in [0.25, 0.3) is 5.91 Å². The zero-order valence-electron chi connectivity index (χ0n) is 12.0. The van der Waals surface area contributed by atoms with Gasteiger partial charge in [0.15, 0.2) is 0 Å². The molecule has 1 aromatic heterocycles. The van der Waals surface area contributed by atoms with E-state index in [0.717, 1.165) is 19.3 Å². The van der Waals surface area contributed by atoms with Crippen LogP contribution in [0.1, 0.15) is 33.7 Å². The molecule has 1 amide bonds. The average molecular weight is 282 g/mol. The van der Waals surface area contributed by atoms with E-state index in [1.807, 2.05) is 6.07 Å². The fourth-order valence-corrected chi connectivity index (χ4v) is 2.79. The van der Waals surface area contributed by atoms with Gasteiger partial charge in [-0.1, -0.05) is 24.3 Å². The topological polar surface area (TPSA) is 80.9 Å². The fourth-order valence-electron chi connectivity index (χ4n) is 2.79. The number of carbonyl (C=O) groups is 1. The Morgan fingerprint density at radius 1 is 1.29 bits per heavy atom. The van der Waals surface area contributed by atoms with Gasteiger partial charge in [0.1, 0.15) is 5.69 Å². The molecule has 21 heavy (non-hydrogen) atoms. The Hall–Kier alpha value is -2.43. The molecule has 3 rings (SSSR count). The molecule has 0 saturated heterocycles. The first-order valence-electron chi connectivity index (χ1n) is 7.10. The van der Waals surface area contributed by atoms with Crippen LogP contribution in [-0.4, -0.2) is 21.9 Å². The van der Waals surface area contributed by atoms with Gasteiger partial charge in [-0.05, 0) is 43.4 Å². The third-order valence-electron chi connectivity index (χ3n) is 3.79. The maximum atomic E-state index is 12.3. The standard InChI is InChI=1S/C16H18N4O/c1-10-8-14(20-16(17)18-10)15(21)19-13-7-6-11-4-2-3-5-12(11)9-13/h2-5,8,13H,6-7,9H2,1H3,(H,19,21)(H2,17,18,20). The number of nitrogen functional groups attached to an aromatic ring is 1. The normalized spacial score (nSPS) is 17.1. The second-order valence-corrected chi connectivity index (χ2v) is 5.43. The minimum atomic E-state index is -0.184. The summed E-state index contributed by atoms with van der Waals surface area (Å²) in [5.41, 5.74) is 9.31. The van der Waals surface area contributed by atoms with Crippen LogP contribution in [0.15, 0.2) is 30.3 Å². The number of nitrogens with zero attached hydrogens (tertiary/aromatic N) is 2. The summed E-state index contributed by atoms with van der Waals surface area (Å²) in [6, 6.07) is 10.2. The fraction of sp³-hybridized carbons (Fsp3) is 0.312. The van der Waals surface area contributed by atoms with Crippen molar-refractivity contribution in [2.24, 2.45) is 0 Å². The summed E-state index contributed by atoms with van der Waals surface area (Å²) in [6.45, 7) is 1.80. The van der Waals surface area contributed by atoms with E-state index >= 15 is 0 Å². The van der Waals surface area contributed by atoms with Gasteiger partial charge in [-0.3, -0.25) is 4.79 Å². The molecule has 5 heteroatoms. The van der Waals surface area contributed by atoms with Crippen molar-refractivity contribution < 1.29 is 4.79 Å². The van der Waals surface area contributed by atoms with Crippen molar-refractivity contribution in [2.45, 2.75) is 32.2 Å².